The van der Waals surface area contributed by atoms with E-state index in [0.717, 1.165) is 0 Å². The Kier molecular flexibility index (Phi) is 8.74. The molecule has 0 heterocycles. The highest BCUT2D eigenvalue weighted by Crippen LogP contribution is 2.17. The predicted molar refractivity (Wildman–Crippen MR) is 83.2 cm³/mol. The number of ketones is 1. The van der Waals surface area contributed by atoms with Gasteiger partial charge in [-0.3, -0.25) is 9.59 Å². The average molecular weight is 301 g/mol. The van der Waals surface area contributed by atoms with Crippen LogP contribution < -0.4 is 5.32 Å². The molecule has 0 aliphatic carbocycles. The molecule has 1 amide bonds. The minimum absolute atomic E-state index is 0.00161. The largest absolute Gasteiger partial charge is 0.377 e. The lowest BCUT2D eigenvalue weighted by molar-refractivity contribution is -0.131. The van der Waals surface area contributed by atoms with E-state index in [1.165, 1.54) is 0 Å². The Labute approximate surface area is 128 Å². The minimum atomic E-state index is -0.363. The van der Waals surface area contributed by atoms with E-state index in [9.17, 15) is 9.59 Å². The van der Waals surface area contributed by atoms with Crippen molar-refractivity contribution in [3.05, 3.63) is 0 Å². The number of carbonyl (C=O) groups excluding carboxylic acids is 2. The van der Waals surface area contributed by atoms with E-state index < -0.39 is 0 Å². The van der Waals surface area contributed by atoms with Crippen molar-refractivity contribution in [2.75, 3.05) is 33.0 Å². The molecule has 0 unspecified atom stereocenters. The van der Waals surface area contributed by atoms with Crippen LogP contribution in [-0.2, 0) is 19.1 Å². The van der Waals surface area contributed by atoms with Gasteiger partial charge in [0, 0.05) is 18.4 Å². The molecule has 0 bridgehead atoms. The molecule has 0 radical (unpaired) electrons. The number of rotatable bonds is 9. The Balaban J connectivity index is 3.46. The smallest absolute Gasteiger partial charge is 0.220 e. The number of hydrogen-bond acceptors (Lipinski definition) is 4. The third-order valence-corrected chi connectivity index (χ3v) is 2.70. The minimum Gasteiger partial charge on any atom is -0.377 e. The zero-order chi connectivity index (χ0) is 16.5. The van der Waals surface area contributed by atoms with Crippen molar-refractivity contribution in [2.45, 2.75) is 48.0 Å². The molecule has 0 aliphatic heterocycles. The van der Waals surface area contributed by atoms with Gasteiger partial charge in [0.05, 0.1) is 19.8 Å². The molecular formula is C16H31NO4. The summed E-state index contributed by atoms with van der Waals surface area (Å²) in [7, 11) is 0. The Hall–Kier alpha value is -0.940. The molecule has 0 aromatic carbocycles. The first-order valence-electron chi connectivity index (χ1n) is 7.48. The number of carbonyl (C=O) groups is 2. The zero-order valence-electron chi connectivity index (χ0n) is 14.4. The fraction of sp³-hybridized carbons (Fsp3) is 0.875. The van der Waals surface area contributed by atoms with Crippen molar-refractivity contribution < 1.29 is 19.1 Å². The summed E-state index contributed by atoms with van der Waals surface area (Å²) in [6.45, 7) is 13.6. The van der Waals surface area contributed by atoms with Gasteiger partial charge in [0.25, 0.3) is 0 Å². The van der Waals surface area contributed by atoms with E-state index in [2.05, 4.69) is 5.32 Å². The van der Waals surface area contributed by atoms with Crippen LogP contribution in [0.3, 0.4) is 0 Å². The van der Waals surface area contributed by atoms with Gasteiger partial charge >= 0.3 is 0 Å². The third-order valence-electron chi connectivity index (χ3n) is 2.70. The van der Waals surface area contributed by atoms with Crippen LogP contribution in [0.25, 0.3) is 0 Å². The lowest BCUT2D eigenvalue weighted by atomic mass is 9.91. The monoisotopic (exact) mass is 301 g/mol. The van der Waals surface area contributed by atoms with Gasteiger partial charge in [0.1, 0.15) is 6.61 Å². The fourth-order valence-corrected chi connectivity index (χ4v) is 1.41. The summed E-state index contributed by atoms with van der Waals surface area (Å²) >= 11 is 0. The Morgan fingerprint density at radius 3 is 2.00 bits per heavy atom. The number of amides is 1. The summed E-state index contributed by atoms with van der Waals surface area (Å²) in [4.78, 5) is 23.1. The van der Waals surface area contributed by atoms with Gasteiger partial charge < -0.3 is 14.8 Å². The highest BCUT2D eigenvalue weighted by Gasteiger charge is 2.20. The normalized spacial score (nSPS) is 12.3. The van der Waals surface area contributed by atoms with Gasteiger partial charge in [-0.05, 0) is 5.41 Å². The first-order chi connectivity index (χ1) is 9.52. The summed E-state index contributed by atoms with van der Waals surface area (Å²) in [6.07, 6.45) is 0.505. The molecular weight excluding hydrogens is 270 g/mol. The molecule has 0 fully saturated rings. The van der Waals surface area contributed by atoms with E-state index >= 15 is 0 Å². The molecule has 0 spiro atoms. The highest BCUT2D eigenvalue weighted by atomic mass is 16.5. The van der Waals surface area contributed by atoms with Crippen LogP contribution in [-0.4, -0.2) is 44.7 Å². The quantitative estimate of drug-likeness (QED) is 0.663. The standard InChI is InChI=1S/C16H31NO4/c1-15(2,3)11-14(19)17-7-8-20-9-10-21-12-13(18)16(4,5)6/h7-12H2,1-6H3,(H,17,19). The van der Waals surface area contributed by atoms with Crippen molar-refractivity contribution >= 4 is 11.7 Å². The highest BCUT2D eigenvalue weighted by molar-refractivity contribution is 5.84. The molecule has 0 aromatic rings. The summed E-state index contributed by atoms with van der Waals surface area (Å²) in [5.41, 5.74) is -0.365. The van der Waals surface area contributed by atoms with Crippen molar-refractivity contribution in [1.29, 1.82) is 0 Å². The maximum atomic E-state index is 11.6. The average Bonchev–Trinajstić information content (AvgIpc) is 2.28. The van der Waals surface area contributed by atoms with Crippen LogP contribution in [0.4, 0.5) is 0 Å². The molecule has 0 aromatic heterocycles. The van der Waals surface area contributed by atoms with Crippen molar-refractivity contribution in [3.63, 3.8) is 0 Å². The van der Waals surface area contributed by atoms with E-state index in [0.29, 0.717) is 32.8 Å². The zero-order valence-corrected chi connectivity index (χ0v) is 14.4. The van der Waals surface area contributed by atoms with E-state index in [1.54, 1.807) is 0 Å². The Morgan fingerprint density at radius 2 is 1.48 bits per heavy atom. The van der Waals surface area contributed by atoms with Crippen LogP contribution in [0.1, 0.15) is 48.0 Å². The summed E-state index contributed by atoms with van der Waals surface area (Å²) in [6, 6.07) is 0. The summed E-state index contributed by atoms with van der Waals surface area (Å²) < 4.78 is 10.6. The van der Waals surface area contributed by atoms with Crippen LogP contribution in [0, 0.1) is 10.8 Å². The van der Waals surface area contributed by atoms with Gasteiger partial charge in [-0.2, -0.15) is 0 Å². The number of nitrogens with one attached hydrogen (secondary N) is 1. The van der Waals surface area contributed by atoms with Crippen molar-refractivity contribution in [2.24, 2.45) is 10.8 Å². The number of Topliss-reactive ketones (excluding diaryl/α,β-unsaturated/α-hetero) is 1. The third kappa shape index (κ3) is 12.5. The van der Waals surface area contributed by atoms with Crippen LogP contribution in [0.15, 0.2) is 0 Å². The molecule has 124 valence electrons. The molecule has 0 saturated carbocycles. The second kappa shape index (κ2) is 9.15. The van der Waals surface area contributed by atoms with Gasteiger partial charge in [-0.1, -0.05) is 41.5 Å². The molecule has 0 saturated heterocycles. The van der Waals surface area contributed by atoms with Gasteiger partial charge in [-0.25, -0.2) is 0 Å². The second-order valence-corrected chi connectivity index (χ2v) is 7.43. The molecule has 0 aliphatic rings. The SMILES string of the molecule is CC(C)(C)CC(=O)NCCOCCOCC(=O)C(C)(C)C. The lowest BCUT2D eigenvalue weighted by Crippen LogP contribution is -2.30. The number of ether oxygens (including phenoxy) is 2. The predicted octanol–water partition coefficient (Wildman–Crippen LogP) is 2.19. The molecule has 5 heteroatoms. The van der Waals surface area contributed by atoms with Gasteiger partial charge in [0.2, 0.25) is 5.91 Å². The van der Waals surface area contributed by atoms with Crippen LogP contribution in [0.2, 0.25) is 0 Å². The maximum absolute atomic E-state index is 11.6. The molecule has 0 atom stereocenters. The van der Waals surface area contributed by atoms with Crippen LogP contribution >= 0.6 is 0 Å². The number of hydrogen-bond donors (Lipinski definition) is 1. The maximum Gasteiger partial charge on any atom is 0.220 e. The second-order valence-electron chi connectivity index (χ2n) is 7.43. The van der Waals surface area contributed by atoms with E-state index in [4.69, 9.17) is 9.47 Å². The van der Waals surface area contributed by atoms with Crippen LogP contribution in [0.5, 0.6) is 0 Å². The molecule has 0 rings (SSSR count). The lowest BCUT2D eigenvalue weighted by Gasteiger charge is -2.17. The Bertz CT molecular complexity index is 326. The first kappa shape index (κ1) is 20.1. The molecule has 21 heavy (non-hydrogen) atoms. The van der Waals surface area contributed by atoms with Crippen molar-refractivity contribution in [1.82, 2.24) is 5.32 Å². The summed E-state index contributed by atoms with van der Waals surface area (Å²) in [5, 5.41) is 2.81. The van der Waals surface area contributed by atoms with Gasteiger partial charge in [-0.15, -0.1) is 0 Å². The van der Waals surface area contributed by atoms with E-state index in [1.807, 2.05) is 41.5 Å². The molecule has 5 nitrogen and oxygen atoms in total. The van der Waals surface area contributed by atoms with Crippen molar-refractivity contribution in [3.8, 4) is 0 Å². The topological polar surface area (TPSA) is 64.6 Å². The fourth-order valence-electron chi connectivity index (χ4n) is 1.41. The molecule has 1 N–H and O–H groups in total. The van der Waals surface area contributed by atoms with E-state index in [-0.39, 0.29) is 29.1 Å². The Morgan fingerprint density at radius 1 is 0.905 bits per heavy atom. The van der Waals surface area contributed by atoms with Gasteiger partial charge in [0.15, 0.2) is 5.78 Å². The summed E-state index contributed by atoms with van der Waals surface area (Å²) in [5.74, 6) is 0.120. The first-order valence-corrected chi connectivity index (χ1v) is 7.48.